The molecule has 0 amide bonds. The molecule has 0 unspecified atom stereocenters. The summed E-state index contributed by atoms with van der Waals surface area (Å²) >= 11 is 3.23. The summed E-state index contributed by atoms with van der Waals surface area (Å²) in [5, 5.41) is 9.60. The van der Waals surface area contributed by atoms with E-state index < -0.39 is 11.8 Å². The monoisotopic (exact) mass is 272 g/mol. The van der Waals surface area contributed by atoms with Crippen LogP contribution >= 0.6 is 15.9 Å². The van der Waals surface area contributed by atoms with Crippen molar-refractivity contribution in [3.63, 3.8) is 0 Å². The predicted octanol–water partition coefficient (Wildman–Crippen LogP) is 3.32. The summed E-state index contributed by atoms with van der Waals surface area (Å²) in [5.74, 6) is -1.63. The summed E-state index contributed by atoms with van der Waals surface area (Å²) in [4.78, 5) is 10.8. The van der Waals surface area contributed by atoms with Gasteiger partial charge in [-0.1, -0.05) is 34.1 Å². The number of allylic oxidation sites excluding steroid dienone is 1. The van der Waals surface area contributed by atoms with E-state index in [4.69, 9.17) is 5.11 Å². The van der Waals surface area contributed by atoms with Crippen molar-refractivity contribution < 1.29 is 14.3 Å². The van der Waals surface area contributed by atoms with Gasteiger partial charge in [0, 0.05) is 10.9 Å². The van der Waals surface area contributed by atoms with Crippen LogP contribution in [0.2, 0.25) is 0 Å². The Labute approximate surface area is 95.6 Å². The highest BCUT2D eigenvalue weighted by Crippen LogP contribution is 2.15. The number of rotatable bonds is 4. The Hall–Kier alpha value is -1.16. The van der Waals surface area contributed by atoms with E-state index in [1.165, 1.54) is 24.3 Å². The average molecular weight is 273 g/mol. The van der Waals surface area contributed by atoms with E-state index in [2.05, 4.69) is 15.9 Å². The maximum Gasteiger partial charge on any atom is 0.336 e. The van der Waals surface area contributed by atoms with Crippen LogP contribution in [-0.2, 0) is 0 Å². The quantitative estimate of drug-likeness (QED) is 0.854. The van der Waals surface area contributed by atoms with E-state index in [-0.39, 0.29) is 11.1 Å². The topological polar surface area (TPSA) is 37.3 Å². The third-order valence-corrected chi connectivity index (χ3v) is 2.30. The molecular formula is C11H10BrFO2. The Morgan fingerprint density at radius 3 is 2.87 bits per heavy atom. The lowest BCUT2D eigenvalue weighted by Gasteiger charge is -2.01. The third kappa shape index (κ3) is 3.16. The summed E-state index contributed by atoms with van der Waals surface area (Å²) in [6, 6.07) is 4.03. The van der Waals surface area contributed by atoms with Crippen LogP contribution < -0.4 is 0 Å². The van der Waals surface area contributed by atoms with E-state index in [1.807, 2.05) is 0 Å². The average Bonchev–Trinajstić information content (AvgIpc) is 2.20. The van der Waals surface area contributed by atoms with Gasteiger partial charge < -0.3 is 5.11 Å². The predicted molar refractivity (Wildman–Crippen MR) is 60.8 cm³/mol. The number of carboxylic acid groups (broad SMARTS) is 1. The summed E-state index contributed by atoms with van der Waals surface area (Å²) in [6.07, 6.45) is 3.97. The summed E-state index contributed by atoms with van der Waals surface area (Å²) in [5.41, 5.74) is 0.117. The highest BCUT2D eigenvalue weighted by atomic mass is 79.9. The van der Waals surface area contributed by atoms with Crippen LogP contribution in [0.5, 0.6) is 0 Å². The van der Waals surface area contributed by atoms with Gasteiger partial charge >= 0.3 is 5.97 Å². The molecule has 0 aliphatic heterocycles. The highest BCUT2D eigenvalue weighted by Gasteiger charge is 2.10. The van der Waals surface area contributed by atoms with Crippen LogP contribution in [0.3, 0.4) is 0 Å². The zero-order valence-corrected chi connectivity index (χ0v) is 9.50. The molecule has 0 aliphatic carbocycles. The molecule has 0 saturated carbocycles. The lowest BCUT2D eigenvalue weighted by Crippen LogP contribution is -2.01. The van der Waals surface area contributed by atoms with Gasteiger partial charge in [0.25, 0.3) is 0 Å². The van der Waals surface area contributed by atoms with Crippen LogP contribution in [0.4, 0.5) is 4.39 Å². The standard InChI is InChI=1S/C11H10BrFO2/c12-7-2-1-4-8-9(11(14)15)5-3-6-10(8)13/h1,3-6H,2,7H2,(H,14,15). The van der Waals surface area contributed by atoms with Crippen molar-refractivity contribution in [2.45, 2.75) is 6.42 Å². The van der Waals surface area contributed by atoms with Crippen molar-refractivity contribution >= 4 is 28.0 Å². The second kappa shape index (κ2) is 5.66. The van der Waals surface area contributed by atoms with Crippen molar-refractivity contribution in [2.24, 2.45) is 0 Å². The first-order valence-corrected chi connectivity index (χ1v) is 5.53. The molecule has 0 aromatic heterocycles. The fourth-order valence-electron chi connectivity index (χ4n) is 1.16. The zero-order chi connectivity index (χ0) is 11.3. The van der Waals surface area contributed by atoms with E-state index >= 15 is 0 Å². The molecule has 0 spiro atoms. The molecule has 1 rings (SSSR count). The van der Waals surface area contributed by atoms with E-state index in [0.29, 0.717) is 0 Å². The van der Waals surface area contributed by atoms with Crippen molar-refractivity contribution in [1.82, 2.24) is 0 Å². The second-order valence-electron chi connectivity index (χ2n) is 2.89. The van der Waals surface area contributed by atoms with Gasteiger partial charge in [0.05, 0.1) is 5.56 Å². The Morgan fingerprint density at radius 1 is 1.53 bits per heavy atom. The number of hydrogen-bond donors (Lipinski definition) is 1. The third-order valence-electron chi connectivity index (χ3n) is 1.84. The highest BCUT2D eigenvalue weighted by molar-refractivity contribution is 9.09. The minimum absolute atomic E-state index is 0.0131. The molecule has 0 radical (unpaired) electrons. The molecular weight excluding hydrogens is 263 g/mol. The first-order valence-electron chi connectivity index (χ1n) is 4.41. The van der Waals surface area contributed by atoms with Gasteiger partial charge in [0.15, 0.2) is 0 Å². The Balaban J connectivity index is 3.07. The van der Waals surface area contributed by atoms with E-state index in [1.54, 1.807) is 6.08 Å². The van der Waals surface area contributed by atoms with E-state index in [0.717, 1.165) is 11.8 Å². The number of hydrogen-bond acceptors (Lipinski definition) is 1. The largest absolute Gasteiger partial charge is 0.478 e. The zero-order valence-electron chi connectivity index (χ0n) is 7.91. The number of carbonyl (C=O) groups is 1. The van der Waals surface area contributed by atoms with Crippen LogP contribution in [0, 0.1) is 5.82 Å². The number of benzene rings is 1. The molecule has 0 aliphatic rings. The molecule has 1 N–H and O–H groups in total. The molecule has 15 heavy (non-hydrogen) atoms. The van der Waals surface area contributed by atoms with Crippen molar-refractivity contribution in [3.05, 3.63) is 41.2 Å². The first kappa shape index (κ1) is 11.9. The van der Waals surface area contributed by atoms with Crippen LogP contribution in [0.25, 0.3) is 6.08 Å². The molecule has 0 fully saturated rings. The summed E-state index contributed by atoms with van der Waals surface area (Å²) in [6.45, 7) is 0. The SMILES string of the molecule is O=C(O)c1cccc(F)c1C=CCCBr. The van der Waals surface area contributed by atoms with Gasteiger partial charge in [-0.05, 0) is 18.6 Å². The molecule has 4 heteroatoms. The molecule has 0 atom stereocenters. The Bertz CT molecular complexity index is 388. The molecule has 1 aromatic carbocycles. The summed E-state index contributed by atoms with van der Waals surface area (Å²) in [7, 11) is 0. The maximum atomic E-state index is 13.3. The minimum atomic E-state index is -1.12. The lowest BCUT2D eigenvalue weighted by atomic mass is 10.1. The second-order valence-corrected chi connectivity index (χ2v) is 3.68. The molecule has 0 bridgehead atoms. The van der Waals surface area contributed by atoms with Gasteiger partial charge in [-0.2, -0.15) is 0 Å². The lowest BCUT2D eigenvalue weighted by molar-refractivity contribution is 0.0696. The van der Waals surface area contributed by atoms with Crippen molar-refractivity contribution in [1.29, 1.82) is 0 Å². The molecule has 0 saturated heterocycles. The molecule has 2 nitrogen and oxygen atoms in total. The maximum absolute atomic E-state index is 13.3. The van der Waals surface area contributed by atoms with Crippen LogP contribution in [0.1, 0.15) is 22.3 Å². The molecule has 0 heterocycles. The van der Waals surface area contributed by atoms with Crippen molar-refractivity contribution in [2.75, 3.05) is 5.33 Å². The fraction of sp³-hybridized carbons (Fsp3) is 0.182. The van der Waals surface area contributed by atoms with Gasteiger partial charge in [-0.3, -0.25) is 0 Å². The molecule has 1 aromatic rings. The smallest absolute Gasteiger partial charge is 0.336 e. The van der Waals surface area contributed by atoms with Crippen LogP contribution in [-0.4, -0.2) is 16.4 Å². The number of aromatic carboxylic acids is 1. The number of carboxylic acids is 1. The van der Waals surface area contributed by atoms with Gasteiger partial charge in [-0.15, -0.1) is 0 Å². The van der Waals surface area contributed by atoms with Gasteiger partial charge in [0.2, 0.25) is 0 Å². The number of halogens is 2. The Kier molecular flexibility index (Phi) is 4.49. The number of alkyl halides is 1. The van der Waals surface area contributed by atoms with E-state index in [9.17, 15) is 9.18 Å². The minimum Gasteiger partial charge on any atom is -0.478 e. The normalized spacial score (nSPS) is 10.8. The van der Waals surface area contributed by atoms with Gasteiger partial charge in [0.1, 0.15) is 5.82 Å². The molecule has 80 valence electrons. The first-order chi connectivity index (χ1) is 7.16. The van der Waals surface area contributed by atoms with Gasteiger partial charge in [-0.25, -0.2) is 9.18 Å². The fourth-order valence-corrected chi connectivity index (χ4v) is 1.42. The van der Waals surface area contributed by atoms with Crippen molar-refractivity contribution in [3.8, 4) is 0 Å². The Morgan fingerprint density at radius 2 is 2.27 bits per heavy atom. The van der Waals surface area contributed by atoms with Crippen LogP contribution in [0.15, 0.2) is 24.3 Å². The summed E-state index contributed by atoms with van der Waals surface area (Å²) < 4.78 is 13.3.